The van der Waals surface area contributed by atoms with Crippen LogP contribution in [0.1, 0.15) is 10.5 Å². The summed E-state index contributed by atoms with van der Waals surface area (Å²) in [6.07, 6.45) is 0.371. The van der Waals surface area contributed by atoms with E-state index in [-0.39, 0.29) is 18.8 Å². The molecule has 1 fully saturated rings. The maximum absolute atomic E-state index is 11.8. The zero-order valence-corrected chi connectivity index (χ0v) is 8.33. The quantitative estimate of drug-likeness (QED) is 0.510. The third-order valence-electron chi connectivity index (χ3n) is 2.44. The standard InChI is InChI=1S/C9H11N3O4/c13-6-3-12(4-7(6)14)9(16)5-1-11-8(15)2-10-5/h1-2,6-7,13-14H,3-4H2,(H,11,15)/t6-,7+. The fraction of sp³-hybridized carbons (Fsp3) is 0.444. The molecule has 0 spiro atoms. The van der Waals surface area contributed by atoms with Gasteiger partial charge in [-0.15, -0.1) is 0 Å². The predicted molar refractivity (Wildman–Crippen MR) is 52.8 cm³/mol. The molecule has 16 heavy (non-hydrogen) atoms. The van der Waals surface area contributed by atoms with E-state index in [2.05, 4.69) is 9.97 Å². The second kappa shape index (κ2) is 4.03. The first-order valence-corrected chi connectivity index (χ1v) is 4.78. The summed E-state index contributed by atoms with van der Waals surface area (Å²) >= 11 is 0. The molecule has 0 aromatic carbocycles. The highest BCUT2D eigenvalue weighted by Crippen LogP contribution is 2.12. The molecule has 0 unspecified atom stereocenters. The number of β-amino-alcohol motifs (C(OH)–C–C–N with tert-alkyl or cyclic N) is 2. The van der Waals surface area contributed by atoms with E-state index in [0.717, 1.165) is 6.20 Å². The number of nitrogens with zero attached hydrogens (tertiary/aromatic N) is 2. The number of aromatic nitrogens is 2. The number of carbonyl (C=O) groups is 1. The van der Waals surface area contributed by atoms with Gasteiger partial charge in [-0.3, -0.25) is 9.59 Å². The van der Waals surface area contributed by atoms with Crippen molar-refractivity contribution in [2.75, 3.05) is 13.1 Å². The molecule has 2 heterocycles. The first-order valence-electron chi connectivity index (χ1n) is 4.78. The number of aromatic amines is 1. The van der Waals surface area contributed by atoms with Crippen LogP contribution in [0.2, 0.25) is 0 Å². The van der Waals surface area contributed by atoms with Gasteiger partial charge in [0.05, 0.1) is 18.4 Å². The van der Waals surface area contributed by atoms with Gasteiger partial charge in [0.1, 0.15) is 5.69 Å². The van der Waals surface area contributed by atoms with Gasteiger partial charge in [0.25, 0.3) is 11.5 Å². The Bertz CT molecular complexity index is 428. The van der Waals surface area contributed by atoms with Gasteiger partial charge in [0, 0.05) is 19.3 Å². The molecule has 1 aliphatic rings. The average Bonchev–Trinajstić information content (AvgIpc) is 2.59. The Morgan fingerprint density at radius 2 is 2.06 bits per heavy atom. The highest BCUT2D eigenvalue weighted by Gasteiger charge is 2.33. The van der Waals surface area contributed by atoms with Crippen LogP contribution in [0, 0.1) is 0 Å². The summed E-state index contributed by atoms with van der Waals surface area (Å²) in [7, 11) is 0. The van der Waals surface area contributed by atoms with Crippen molar-refractivity contribution in [3.63, 3.8) is 0 Å². The molecule has 0 aliphatic carbocycles. The van der Waals surface area contributed by atoms with Crippen LogP contribution in [0.25, 0.3) is 0 Å². The van der Waals surface area contributed by atoms with Gasteiger partial charge in [-0.2, -0.15) is 0 Å². The van der Waals surface area contributed by atoms with Crippen LogP contribution in [-0.4, -0.2) is 56.3 Å². The van der Waals surface area contributed by atoms with Crippen LogP contribution in [0.15, 0.2) is 17.2 Å². The lowest BCUT2D eigenvalue weighted by molar-refractivity contribution is 0.0572. The van der Waals surface area contributed by atoms with Gasteiger partial charge in [-0.25, -0.2) is 4.98 Å². The molecule has 1 aromatic heterocycles. The number of H-pyrrole nitrogens is 1. The fourth-order valence-corrected chi connectivity index (χ4v) is 1.56. The molecule has 1 aromatic rings. The molecule has 7 nitrogen and oxygen atoms in total. The Labute approximate surface area is 90.4 Å². The summed E-state index contributed by atoms with van der Waals surface area (Å²) in [5, 5.41) is 18.6. The van der Waals surface area contributed by atoms with E-state index in [0.29, 0.717) is 0 Å². The van der Waals surface area contributed by atoms with Crippen molar-refractivity contribution in [1.29, 1.82) is 0 Å². The number of hydrogen-bond donors (Lipinski definition) is 3. The highest BCUT2D eigenvalue weighted by atomic mass is 16.3. The van der Waals surface area contributed by atoms with Gasteiger partial charge in [0.2, 0.25) is 0 Å². The number of aliphatic hydroxyl groups is 2. The van der Waals surface area contributed by atoms with Crippen molar-refractivity contribution < 1.29 is 15.0 Å². The lowest BCUT2D eigenvalue weighted by Gasteiger charge is -2.13. The molecule has 1 amide bonds. The number of aliphatic hydroxyl groups excluding tert-OH is 2. The molecule has 3 N–H and O–H groups in total. The molecular weight excluding hydrogens is 214 g/mol. The van der Waals surface area contributed by atoms with Crippen LogP contribution in [-0.2, 0) is 0 Å². The Morgan fingerprint density at radius 1 is 1.44 bits per heavy atom. The number of carbonyl (C=O) groups excluding carboxylic acids is 1. The van der Waals surface area contributed by atoms with Crippen LogP contribution >= 0.6 is 0 Å². The molecular formula is C9H11N3O4. The smallest absolute Gasteiger partial charge is 0.274 e. The first kappa shape index (κ1) is 10.8. The number of likely N-dealkylation sites (tertiary alicyclic amines) is 1. The SMILES string of the molecule is O=C(c1c[nH]c(=O)cn1)N1C[C@@H](O)[C@@H](O)C1. The Morgan fingerprint density at radius 3 is 2.56 bits per heavy atom. The first-order chi connectivity index (χ1) is 7.58. The molecule has 0 radical (unpaired) electrons. The maximum Gasteiger partial charge on any atom is 0.274 e. The van der Waals surface area contributed by atoms with E-state index >= 15 is 0 Å². The van der Waals surface area contributed by atoms with Gasteiger partial charge >= 0.3 is 0 Å². The zero-order valence-electron chi connectivity index (χ0n) is 8.33. The minimum absolute atomic E-state index is 0.0702. The van der Waals surface area contributed by atoms with Crippen molar-refractivity contribution in [3.05, 3.63) is 28.4 Å². The average molecular weight is 225 g/mol. The van der Waals surface area contributed by atoms with Gasteiger partial charge < -0.3 is 20.1 Å². The third kappa shape index (κ3) is 1.95. The largest absolute Gasteiger partial charge is 0.388 e. The number of amides is 1. The van der Waals surface area contributed by atoms with E-state index in [9.17, 15) is 19.8 Å². The lowest BCUT2D eigenvalue weighted by Crippen LogP contribution is -2.31. The second-order valence-electron chi connectivity index (χ2n) is 3.64. The Balaban J connectivity index is 2.14. The second-order valence-corrected chi connectivity index (χ2v) is 3.64. The molecule has 1 aliphatic heterocycles. The summed E-state index contributed by atoms with van der Waals surface area (Å²) in [4.78, 5) is 29.8. The number of nitrogens with one attached hydrogen (secondary N) is 1. The van der Waals surface area contributed by atoms with E-state index in [1.54, 1.807) is 0 Å². The van der Waals surface area contributed by atoms with E-state index in [4.69, 9.17) is 0 Å². The predicted octanol–water partition coefficient (Wildman–Crippen LogP) is -2.05. The van der Waals surface area contributed by atoms with Gasteiger partial charge in [-0.1, -0.05) is 0 Å². The molecule has 0 bridgehead atoms. The molecule has 86 valence electrons. The highest BCUT2D eigenvalue weighted by molar-refractivity contribution is 5.92. The summed E-state index contributed by atoms with van der Waals surface area (Å²) in [5.41, 5.74) is -0.307. The zero-order chi connectivity index (χ0) is 11.7. The molecule has 0 saturated carbocycles. The van der Waals surface area contributed by atoms with Crippen molar-refractivity contribution in [3.8, 4) is 0 Å². The van der Waals surface area contributed by atoms with Crippen molar-refractivity contribution >= 4 is 5.91 Å². The van der Waals surface area contributed by atoms with Crippen LogP contribution in [0.3, 0.4) is 0 Å². The van der Waals surface area contributed by atoms with E-state index in [1.807, 2.05) is 0 Å². The number of rotatable bonds is 1. The summed E-state index contributed by atoms with van der Waals surface area (Å²) in [6, 6.07) is 0. The molecule has 2 rings (SSSR count). The summed E-state index contributed by atoms with van der Waals surface area (Å²) in [5.74, 6) is -0.424. The van der Waals surface area contributed by atoms with Crippen molar-refractivity contribution in [2.45, 2.75) is 12.2 Å². The Kier molecular flexibility index (Phi) is 2.71. The molecule has 1 saturated heterocycles. The van der Waals surface area contributed by atoms with Crippen LogP contribution in [0.4, 0.5) is 0 Å². The lowest BCUT2D eigenvalue weighted by atomic mass is 10.3. The number of hydrogen-bond acceptors (Lipinski definition) is 5. The van der Waals surface area contributed by atoms with Crippen molar-refractivity contribution in [1.82, 2.24) is 14.9 Å². The summed E-state index contributed by atoms with van der Waals surface area (Å²) < 4.78 is 0. The maximum atomic E-state index is 11.8. The van der Waals surface area contributed by atoms with Gasteiger partial charge in [-0.05, 0) is 0 Å². The fourth-order valence-electron chi connectivity index (χ4n) is 1.56. The van der Waals surface area contributed by atoms with Crippen LogP contribution < -0.4 is 5.56 Å². The van der Waals surface area contributed by atoms with E-state index < -0.39 is 23.7 Å². The topological polar surface area (TPSA) is 107 Å². The van der Waals surface area contributed by atoms with E-state index in [1.165, 1.54) is 11.1 Å². The normalized spacial score (nSPS) is 24.8. The molecule has 7 heteroatoms. The Hall–Kier alpha value is -1.73. The van der Waals surface area contributed by atoms with Crippen molar-refractivity contribution in [2.24, 2.45) is 0 Å². The van der Waals surface area contributed by atoms with Gasteiger partial charge in [0.15, 0.2) is 0 Å². The minimum atomic E-state index is -0.924. The third-order valence-corrected chi connectivity index (χ3v) is 2.44. The monoisotopic (exact) mass is 225 g/mol. The molecule has 2 atom stereocenters. The van der Waals surface area contributed by atoms with Crippen LogP contribution in [0.5, 0.6) is 0 Å². The minimum Gasteiger partial charge on any atom is -0.388 e. The summed E-state index contributed by atoms with van der Waals surface area (Å²) in [6.45, 7) is 0.140.